The molecular formula is C24H21ClN6O4S. The van der Waals surface area contributed by atoms with Crippen LogP contribution in [0.1, 0.15) is 6.42 Å². The molecule has 1 fully saturated rings. The standard InChI is InChI=1S/C24H21ClN6O4S/c25-16-6-8-17(9-7-16)28-22(32)14-20-23(33)30(18-4-2-1-3-5-18)24(36)29(20)13-12-26-21-11-10-19(15-27-21)31(34)35/h1-11,15,20H,12-14H2,(H,26,27)(H,28,32). The molecule has 1 aromatic heterocycles. The van der Waals surface area contributed by atoms with Crippen molar-refractivity contribution in [2.45, 2.75) is 12.5 Å². The zero-order valence-corrected chi connectivity index (χ0v) is 20.4. The van der Waals surface area contributed by atoms with Gasteiger partial charge < -0.3 is 15.5 Å². The number of hydrogen-bond donors (Lipinski definition) is 2. The van der Waals surface area contributed by atoms with Crippen LogP contribution in [0.2, 0.25) is 5.02 Å². The number of thiocarbonyl (C=S) groups is 1. The van der Waals surface area contributed by atoms with Crippen molar-refractivity contribution >= 4 is 63.6 Å². The summed E-state index contributed by atoms with van der Waals surface area (Å²) in [6, 6.07) is 17.7. The first-order chi connectivity index (χ1) is 17.3. The first kappa shape index (κ1) is 25.0. The van der Waals surface area contributed by atoms with Gasteiger partial charge >= 0.3 is 0 Å². The van der Waals surface area contributed by atoms with Crippen LogP contribution in [0, 0.1) is 10.1 Å². The minimum atomic E-state index is -0.809. The average Bonchev–Trinajstić information content (AvgIpc) is 3.10. The summed E-state index contributed by atoms with van der Waals surface area (Å²) >= 11 is 11.5. The topological polar surface area (TPSA) is 121 Å². The number of aromatic nitrogens is 1. The number of hydrogen-bond acceptors (Lipinski definition) is 7. The Labute approximate surface area is 217 Å². The molecule has 1 unspecified atom stereocenters. The summed E-state index contributed by atoms with van der Waals surface area (Å²) in [7, 11) is 0. The van der Waals surface area contributed by atoms with Gasteiger partial charge in [0.25, 0.3) is 11.6 Å². The number of pyridine rings is 1. The summed E-state index contributed by atoms with van der Waals surface area (Å²) in [5.41, 5.74) is 1.06. The maximum atomic E-state index is 13.4. The molecule has 1 aliphatic heterocycles. The van der Waals surface area contributed by atoms with Crippen LogP contribution in [0.5, 0.6) is 0 Å². The Bertz CT molecular complexity index is 1270. The van der Waals surface area contributed by atoms with Gasteiger partial charge in [-0.1, -0.05) is 29.8 Å². The number of nitrogens with one attached hydrogen (secondary N) is 2. The predicted octanol–water partition coefficient (Wildman–Crippen LogP) is 4.09. The lowest BCUT2D eigenvalue weighted by Crippen LogP contribution is -2.40. The average molecular weight is 525 g/mol. The quantitative estimate of drug-likeness (QED) is 0.244. The van der Waals surface area contributed by atoms with E-state index >= 15 is 0 Å². The van der Waals surface area contributed by atoms with E-state index in [1.54, 1.807) is 53.4 Å². The highest BCUT2D eigenvalue weighted by atomic mass is 35.5. The van der Waals surface area contributed by atoms with Crippen LogP contribution in [-0.4, -0.2) is 50.9 Å². The maximum absolute atomic E-state index is 13.4. The molecule has 0 radical (unpaired) electrons. The predicted molar refractivity (Wildman–Crippen MR) is 141 cm³/mol. The summed E-state index contributed by atoms with van der Waals surface area (Å²) < 4.78 is 0. The maximum Gasteiger partial charge on any atom is 0.287 e. The van der Waals surface area contributed by atoms with Crippen molar-refractivity contribution in [3.05, 3.63) is 88.1 Å². The molecule has 2 amide bonds. The van der Waals surface area contributed by atoms with Gasteiger partial charge in [0, 0.05) is 29.9 Å². The Balaban J connectivity index is 1.48. The molecule has 2 aromatic carbocycles. The molecule has 4 rings (SSSR count). The number of carbonyl (C=O) groups is 2. The molecule has 2 heterocycles. The first-order valence-corrected chi connectivity index (χ1v) is 11.7. The molecule has 1 atom stereocenters. The Kier molecular flexibility index (Phi) is 7.71. The fourth-order valence-corrected chi connectivity index (χ4v) is 4.27. The molecule has 3 aromatic rings. The molecule has 12 heteroatoms. The normalized spacial score (nSPS) is 15.2. The van der Waals surface area contributed by atoms with Crippen LogP contribution in [0.15, 0.2) is 72.9 Å². The van der Waals surface area contributed by atoms with Crippen molar-refractivity contribution in [2.24, 2.45) is 0 Å². The summed E-state index contributed by atoms with van der Waals surface area (Å²) in [5.74, 6) is -0.205. The van der Waals surface area contributed by atoms with Crippen molar-refractivity contribution in [3.8, 4) is 0 Å². The number of para-hydroxylation sites is 1. The lowest BCUT2D eigenvalue weighted by atomic mass is 10.1. The summed E-state index contributed by atoms with van der Waals surface area (Å²) in [6.07, 6.45) is 1.05. The van der Waals surface area contributed by atoms with E-state index in [4.69, 9.17) is 23.8 Å². The van der Waals surface area contributed by atoms with Crippen molar-refractivity contribution in [1.82, 2.24) is 9.88 Å². The van der Waals surface area contributed by atoms with Gasteiger partial charge in [0.1, 0.15) is 18.1 Å². The van der Waals surface area contributed by atoms with Gasteiger partial charge in [0.15, 0.2) is 5.11 Å². The Morgan fingerprint density at radius 2 is 1.83 bits per heavy atom. The van der Waals surface area contributed by atoms with Crippen molar-refractivity contribution in [2.75, 3.05) is 28.6 Å². The SMILES string of the molecule is O=C(CC1C(=O)N(c2ccccc2)C(=S)N1CCNc1ccc([N+](=O)[O-])cn1)Nc1ccc(Cl)cc1. The molecule has 36 heavy (non-hydrogen) atoms. The minimum Gasteiger partial charge on any atom is -0.368 e. The smallest absolute Gasteiger partial charge is 0.287 e. The summed E-state index contributed by atoms with van der Waals surface area (Å²) in [5, 5.41) is 17.5. The van der Waals surface area contributed by atoms with Crippen molar-refractivity contribution in [1.29, 1.82) is 0 Å². The van der Waals surface area contributed by atoms with E-state index in [1.165, 1.54) is 17.0 Å². The summed E-state index contributed by atoms with van der Waals surface area (Å²) in [4.78, 5) is 43.7. The lowest BCUT2D eigenvalue weighted by Gasteiger charge is -2.24. The van der Waals surface area contributed by atoms with E-state index < -0.39 is 11.0 Å². The van der Waals surface area contributed by atoms with Gasteiger partial charge in [-0.15, -0.1) is 0 Å². The highest BCUT2D eigenvalue weighted by molar-refractivity contribution is 7.80. The van der Waals surface area contributed by atoms with Crippen LogP contribution in [0.3, 0.4) is 0 Å². The van der Waals surface area contributed by atoms with E-state index in [1.807, 2.05) is 6.07 Å². The van der Waals surface area contributed by atoms with Crippen LogP contribution >= 0.6 is 23.8 Å². The van der Waals surface area contributed by atoms with Gasteiger partial charge in [0.05, 0.1) is 17.0 Å². The lowest BCUT2D eigenvalue weighted by molar-refractivity contribution is -0.385. The number of nitro groups is 1. The Morgan fingerprint density at radius 3 is 2.47 bits per heavy atom. The van der Waals surface area contributed by atoms with Crippen LogP contribution < -0.4 is 15.5 Å². The molecule has 184 valence electrons. The monoisotopic (exact) mass is 524 g/mol. The van der Waals surface area contributed by atoms with E-state index in [-0.39, 0.29) is 29.0 Å². The fourth-order valence-electron chi connectivity index (χ4n) is 3.73. The highest BCUT2D eigenvalue weighted by Gasteiger charge is 2.43. The number of rotatable bonds is 9. The number of amides is 2. The highest BCUT2D eigenvalue weighted by Crippen LogP contribution is 2.27. The van der Waals surface area contributed by atoms with E-state index in [0.29, 0.717) is 35.3 Å². The second-order valence-corrected chi connectivity index (χ2v) is 8.65. The largest absolute Gasteiger partial charge is 0.368 e. The zero-order chi connectivity index (χ0) is 25.7. The molecule has 0 spiro atoms. The third-order valence-electron chi connectivity index (χ3n) is 5.46. The van der Waals surface area contributed by atoms with E-state index in [2.05, 4.69) is 15.6 Å². The van der Waals surface area contributed by atoms with E-state index in [0.717, 1.165) is 6.20 Å². The van der Waals surface area contributed by atoms with Crippen LogP contribution in [0.4, 0.5) is 22.9 Å². The Morgan fingerprint density at radius 1 is 1.11 bits per heavy atom. The number of anilines is 3. The molecule has 10 nitrogen and oxygen atoms in total. The number of nitrogens with zero attached hydrogens (tertiary/aromatic N) is 4. The van der Waals surface area contributed by atoms with E-state index in [9.17, 15) is 19.7 Å². The zero-order valence-electron chi connectivity index (χ0n) is 18.8. The Hall–Kier alpha value is -4.09. The fraction of sp³-hybridized carbons (Fsp3) is 0.167. The number of halogens is 1. The van der Waals surface area contributed by atoms with Gasteiger partial charge in [-0.2, -0.15) is 0 Å². The molecule has 0 aliphatic carbocycles. The molecule has 1 aliphatic rings. The van der Waals surface area contributed by atoms with Gasteiger partial charge in [0.2, 0.25) is 5.91 Å². The van der Waals surface area contributed by atoms with Gasteiger partial charge in [-0.25, -0.2) is 4.98 Å². The third-order valence-corrected chi connectivity index (χ3v) is 6.13. The molecule has 1 saturated heterocycles. The van der Waals surface area contributed by atoms with Crippen molar-refractivity contribution in [3.63, 3.8) is 0 Å². The van der Waals surface area contributed by atoms with Crippen LogP contribution in [-0.2, 0) is 9.59 Å². The van der Waals surface area contributed by atoms with Gasteiger partial charge in [-0.05, 0) is 54.7 Å². The third kappa shape index (κ3) is 5.75. The van der Waals surface area contributed by atoms with Crippen molar-refractivity contribution < 1.29 is 14.5 Å². The minimum absolute atomic E-state index is 0.110. The second-order valence-electron chi connectivity index (χ2n) is 7.85. The first-order valence-electron chi connectivity index (χ1n) is 10.9. The second kappa shape index (κ2) is 11.1. The number of benzene rings is 2. The van der Waals surface area contributed by atoms with Gasteiger partial charge in [-0.3, -0.25) is 24.6 Å². The molecule has 0 bridgehead atoms. The molecular weight excluding hydrogens is 504 g/mol. The molecule has 2 N–H and O–H groups in total. The number of carbonyl (C=O) groups excluding carboxylic acids is 2. The summed E-state index contributed by atoms with van der Waals surface area (Å²) in [6.45, 7) is 0.627. The molecule has 0 saturated carbocycles. The van der Waals surface area contributed by atoms with Crippen LogP contribution in [0.25, 0.3) is 0 Å².